The molecular weight excluding hydrogens is 490 g/mol. The maximum absolute atomic E-state index is 14.4. The molecule has 2 bridgehead atoms. The number of rotatable bonds is 7. The van der Waals surface area contributed by atoms with Crippen molar-refractivity contribution >= 4 is 23.6 Å². The first-order valence-electron chi connectivity index (χ1n) is 12.6. The Hall–Kier alpha value is -1.93. The summed E-state index contributed by atoms with van der Waals surface area (Å²) in [4.78, 5) is 25.2. The van der Waals surface area contributed by atoms with Crippen molar-refractivity contribution in [2.75, 3.05) is 13.7 Å². The second-order valence-corrected chi connectivity index (χ2v) is 12.8. The summed E-state index contributed by atoms with van der Waals surface area (Å²) in [5.74, 6) is -4.08. The van der Waals surface area contributed by atoms with Crippen molar-refractivity contribution in [2.45, 2.75) is 89.1 Å². The number of hydrogen-bond donors (Lipinski definition) is 3. The van der Waals surface area contributed by atoms with Gasteiger partial charge in [-0.05, 0) is 61.1 Å². The van der Waals surface area contributed by atoms with Gasteiger partial charge in [0.2, 0.25) is 5.92 Å². The summed E-state index contributed by atoms with van der Waals surface area (Å²) < 4.78 is 33.6. The van der Waals surface area contributed by atoms with Crippen LogP contribution < -0.4 is 10.6 Å². The molecule has 2 unspecified atom stereocenters. The Morgan fingerprint density at radius 3 is 2.39 bits per heavy atom. The molecule has 4 saturated carbocycles. The van der Waals surface area contributed by atoms with Gasteiger partial charge in [0.15, 0.2) is 0 Å². The lowest BCUT2D eigenvalue weighted by atomic mass is 9.39. The molecule has 2 amide bonds. The molecule has 3 N–H and O–H groups in total. The zero-order chi connectivity index (χ0) is 26.6. The quantitative estimate of drug-likeness (QED) is 0.419. The number of amides is 2. The van der Waals surface area contributed by atoms with Crippen molar-refractivity contribution in [3.8, 4) is 0 Å². The molecule has 5 rings (SSSR count). The van der Waals surface area contributed by atoms with Crippen molar-refractivity contribution in [1.82, 2.24) is 10.6 Å². The summed E-state index contributed by atoms with van der Waals surface area (Å²) >= 11 is 6.64. The zero-order valence-electron chi connectivity index (χ0n) is 21.5. The van der Waals surface area contributed by atoms with E-state index in [1.165, 1.54) is 7.11 Å². The minimum atomic E-state index is -2.92. The number of carbonyl (C=O) groups excluding carboxylic acids is 2. The van der Waals surface area contributed by atoms with Gasteiger partial charge in [-0.3, -0.25) is 4.79 Å². The van der Waals surface area contributed by atoms with Crippen LogP contribution in [-0.4, -0.2) is 42.3 Å². The van der Waals surface area contributed by atoms with Crippen LogP contribution in [0.3, 0.4) is 0 Å². The number of ether oxygens (including phenoxy) is 1. The molecule has 0 radical (unpaired) electrons. The lowest BCUT2D eigenvalue weighted by molar-refractivity contribution is -0.199. The molecule has 1 aromatic carbocycles. The molecule has 36 heavy (non-hydrogen) atoms. The van der Waals surface area contributed by atoms with E-state index < -0.39 is 53.8 Å². The van der Waals surface area contributed by atoms with E-state index in [0.717, 1.165) is 18.4 Å². The van der Waals surface area contributed by atoms with E-state index in [1.54, 1.807) is 6.07 Å². The smallest absolute Gasteiger partial charge is 0.315 e. The van der Waals surface area contributed by atoms with Gasteiger partial charge in [0.05, 0.1) is 18.1 Å². The first-order valence-corrected chi connectivity index (χ1v) is 13.0. The molecule has 2 atom stereocenters. The lowest BCUT2D eigenvalue weighted by Crippen LogP contribution is -2.78. The molecule has 0 aromatic heterocycles. The highest BCUT2D eigenvalue weighted by Crippen LogP contribution is 2.67. The minimum Gasteiger partial charge on any atom is -0.469 e. The standard InChI is InChI=1S/C27H37ClF2N2O4/c1-23(2,3)8-7-17-5-6-18(11-20(17)28)27(10-9-26(29,30)12-19(27)13-33)32-22(35)31-25-14-24(15-25,16-25)21(34)36-4/h5-6,11,19,33H,7-10,12-16H2,1-4H3,(H2,31,32,35). The highest BCUT2D eigenvalue weighted by Gasteiger charge is 2.73. The second-order valence-electron chi connectivity index (χ2n) is 12.4. The van der Waals surface area contributed by atoms with Crippen molar-refractivity contribution < 1.29 is 28.2 Å². The number of aliphatic hydroxyl groups is 1. The van der Waals surface area contributed by atoms with Gasteiger partial charge in [-0.15, -0.1) is 0 Å². The van der Waals surface area contributed by atoms with E-state index in [2.05, 4.69) is 31.4 Å². The number of halogens is 3. The molecule has 1 aromatic rings. The number of carbonyl (C=O) groups is 2. The molecular formula is C27H37ClF2N2O4. The van der Waals surface area contributed by atoms with Crippen LogP contribution in [-0.2, 0) is 21.5 Å². The fraction of sp³-hybridized carbons (Fsp3) is 0.704. The molecule has 9 heteroatoms. The number of benzene rings is 1. The number of hydrogen-bond acceptors (Lipinski definition) is 4. The van der Waals surface area contributed by atoms with Gasteiger partial charge in [0, 0.05) is 35.9 Å². The molecule has 200 valence electrons. The Kier molecular flexibility index (Phi) is 6.87. The Labute approximate surface area is 216 Å². The van der Waals surface area contributed by atoms with Crippen LogP contribution in [0.5, 0.6) is 0 Å². The number of methoxy groups -OCH3 is 1. The summed E-state index contributed by atoms with van der Waals surface area (Å²) in [5.41, 5.74) is -0.499. The average Bonchev–Trinajstić information content (AvgIpc) is 2.74. The van der Waals surface area contributed by atoms with Crippen LogP contribution >= 0.6 is 11.6 Å². The minimum absolute atomic E-state index is 0.0323. The number of aryl methyl sites for hydroxylation is 1. The third-order valence-corrected chi connectivity index (χ3v) is 8.78. The van der Waals surface area contributed by atoms with Gasteiger partial charge >= 0.3 is 12.0 Å². The first-order chi connectivity index (χ1) is 16.7. The fourth-order valence-electron chi connectivity index (χ4n) is 6.42. The van der Waals surface area contributed by atoms with Gasteiger partial charge in [-0.1, -0.05) is 44.5 Å². The largest absolute Gasteiger partial charge is 0.469 e. The van der Waals surface area contributed by atoms with E-state index in [9.17, 15) is 23.5 Å². The number of alkyl halides is 2. The highest BCUT2D eigenvalue weighted by molar-refractivity contribution is 6.31. The Bertz CT molecular complexity index is 1020. The summed E-state index contributed by atoms with van der Waals surface area (Å²) in [6.45, 7) is 5.95. The number of nitrogens with one attached hydrogen (secondary N) is 2. The topological polar surface area (TPSA) is 87.7 Å². The average molecular weight is 527 g/mol. The van der Waals surface area contributed by atoms with Crippen LogP contribution in [0.2, 0.25) is 5.02 Å². The van der Waals surface area contributed by atoms with E-state index in [4.69, 9.17) is 16.3 Å². The van der Waals surface area contributed by atoms with Crippen molar-refractivity contribution in [2.24, 2.45) is 16.7 Å². The van der Waals surface area contributed by atoms with Crippen molar-refractivity contribution in [3.63, 3.8) is 0 Å². The van der Waals surface area contributed by atoms with Crippen LogP contribution in [0.1, 0.15) is 76.8 Å². The van der Waals surface area contributed by atoms with Crippen LogP contribution in [0.4, 0.5) is 13.6 Å². The number of urea groups is 1. The summed E-state index contributed by atoms with van der Waals surface area (Å²) in [6.07, 6.45) is 2.23. The number of esters is 1. The third-order valence-electron chi connectivity index (χ3n) is 8.42. The van der Waals surface area contributed by atoms with E-state index in [1.807, 2.05) is 12.1 Å². The van der Waals surface area contributed by atoms with E-state index in [-0.39, 0.29) is 17.8 Å². The fourth-order valence-corrected chi connectivity index (χ4v) is 6.70. The molecule has 4 fully saturated rings. The monoisotopic (exact) mass is 526 g/mol. The third kappa shape index (κ3) is 4.95. The first kappa shape index (κ1) is 27.1. The summed E-state index contributed by atoms with van der Waals surface area (Å²) in [5, 5.41) is 16.6. The van der Waals surface area contributed by atoms with E-state index in [0.29, 0.717) is 29.8 Å². The Morgan fingerprint density at radius 2 is 1.83 bits per heavy atom. The number of aliphatic hydroxyl groups excluding tert-OH is 1. The predicted molar refractivity (Wildman–Crippen MR) is 133 cm³/mol. The highest BCUT2D eigenvalue weighted by atomic mass is 35.5. The van der Waals surface area contributed by atoms with Gasteiger partial charge in [-0.25, -0.2) is 13.6 Å². The molecule has 0 heterocycles. The van der Waals surface area contributed by atoms with Gasteiger partial charge in [-0.2, -0.15) is 0 Å². The van der Waals surface area contributed by atoms with Gasteiger partial charge in [0.25, 0.3) is 0 Å². The SMILES string of the molecule is COC(=O)C12CC(NC(=O)NC3(c4ccc(CCC(C)(C)C)c(Cl)c4)CCC(F)(F)CC3CO)(C1)C2. The molecule has 6 nitrogen and oxygen atoms in total. The van der Waals surface area contributed by atoms with Gasteiger partial charge < -0.3 is 20.5 Å². The normalized spacial score (nSPS) is 32.6. The zero-order valence-corrected chi connectivity index (χ0v) is 22.2. The van der Waals surface area contributed by atoms with Crippen LogP contribution in [0.15, 0.2) is 18.2 Å². The van der Waals surface area contributed by atoms with Crippen molar-refractivity contribution in [1.29, 1.82) is 0 Å². The molecule has 4 aliphatic carbocycles. The molecule has 4 aliphatic rings. The maximum atomic E-state index is 14.4. The molecule has 0 aliphatic heterocycles. The summed E-state index contributed by atoms with van der Waals surface area (Å²) in [7, 11) is 1.35. The Morgan fingerprint density at radius 1 is 1.17 bits per heavy atom. The molecule has 0 spiro atoms. The summed E-state index contributed by atoms with van der Waals surface area (Å²) in [6, 6.07) is 4.99. The van der Waals surface area contributed by atoms with Crippen molar-refractivity contribution in [3.05, 3.63) is 34.3 Å². The lowest BCUT2D eigenvalue weighted by Gasteiger charge is -2.68. The van der Waals surface area contributed by atoms with Crippen LogP contribution in [0, 0.1) is 16.7 Å². The predicted octanol–water partition coefficient (Wildman–Crippen LogP) is 5.34. The van der Waals surface area contributed by atoms with E-state index >= 15 is 0 Å². The Balaban J connectivity index is 1.56. The second kappa shape index (κ2) is 9.12. The van der Waals surface area contributed by atoms with Crippen LogP contribution in [0.25, 0.3) is 0 Å². The maximum Gasteiger partial charge on any atom is 0.315 e. The van der Waals surface area contributed by atoms with Gasteiger partial charge in [0.1, 0.15) is 0 Å². The molecule has 0 saturated heterocycles.